The second-order valence-electron chi connectivity index (χ2n) is 8.78. The monoisotopic (exact) mass is 430 g/mol. The fourth-order valence-electron chi connectivity index (χ4n) is 3.46. The summed E-state index contributed by atoms with van der Waals surface area (Å²) in [5, 5.41) is 2.67. The van der Waals surface area contributed by atoms with E-state index in [2.05, 4.69) is 26.1 Å². The smallest absolute Gasteiger partial charge is 0.251 e. The Hall–Kier alpha value is -2.96. The number of hydrogen-bond donors (Lipinski definition) is 1. The van der Waals surface area contributed by atoms with Gasteiger partial charge in [0, 0.05) is 37.6 Å². The van der Waals surface area contributed by atoms with Crippen LogP contribution in [0.2, 0.25) is 0 Å². The van der Waals surface area contributed by atoms with Crippen molar-refractivity contribution in [3.63, 3.8) is 0 Å². The topological polar surface area (TPSA) is 58.6 Å². The van der Waals surface area contributed by atoms with E-state index in [4.69, 9.17) is 4.74 Å². The predicted molar refractivity (Wildman–Crippen MR) is 114 cm³/mol. The molecule has 1 N–H and O–H groups in total. The minimum Gasteiger partial charge on any atom is -0.487 e. The summed E-state index contributed by atoms with van der Waals surface area (Å²) in [6.07, 6.45) is 0.815. The molecule has 1 fully saturated rings. The van der Waals surface area contributed by atoms with Gasteiger partial charge in [0.25, 0.3) is 5.91 Å². The molecule has 0 bridgehead atoms. The lowest BCUT2D eigenvalue weighted by Gasteiger charge is -2.32. The molecule has 7 heteroatoms. The van der Waals surface area contributed by atoms with Crippen LogP contribution in [0.3, 0.4) is 0 Å². The molecule has 0 unspecified atom stereocenters. The molecule has 1 saturated heterocycles. The Kier molecular flexibility index (Phi) is 6.93. The van der Waals surface area contributed by atoms with Crippen molar-refractivity contribution in [3.8, 4) is 5.75 Å². The third-order valence-electron chi connectivity index (χ3n) is 5.40. The predicted octanol–water partition coefficient (Wildman–Crippen LogP) is 4.06. The third-order valence-corrected chi connectivity index (χ3v) is 5.40. The van der Waals surface area contributed by atoms with Crippen LogP contribution in [0.4, 0.5) is 8.78 Å². The van der Waals surface area contributed by atoms with Gasteiger partial charge < -0.3 is 15.0 Å². The van der Waals surface area contributed by atoms with Gasteiger partial charge in [0.1, 0.15) is 11.9 Å². The molecule has 0 spiro atoms. The number of benzene rings is 2. The van der Waals surface area contributed by atoms with E-state index in [1.54, 1.807) is 17.0 Å². The molecule has 5 nitrogen and oxygen atoms in total. The van der Waals surface area contributed by atoms with Crippen molar-refractivity contribution in [1.82, 2.24) is 10.2 Å². The largest absolute Gasteiger partial charge is 0.487 e. The molecular weight excluding hydrogens is 402 g/mol. The molecule has 1 heterocycles. The number of nitrogens with one attached hydrogen (secondary N) is 1. The summed E-state index contributed by atoms with van der Waals surface area (Å²) in [6.45, 7) is 7.12. The summed E-state index contributed by atoms with van der Waals surface area (Å²) in [5.41, 5.74) is 1.64. The first-order valence-electron chi connectivity index (χ1n) is 10.4. The lowest BCUT2D eigenvalue weighted by atomic mass is 9.87. The van der Waals surface area contributed by atoms with Gasteiger partial charge in [-0.3, -0.25) is 9.59 Å². The highest BCUT2D eigenvalue weighted by Gasteiger charge is 2.25. The molecule has 1 aliphatic rings. The average Bonchev–Trinajstić information content (AvgIpc) is 2.74. The van der Waals surface area contributed by atoms with Gasteiger partial charge in [-0.1, -0.05) is 32.9 Å². The Labute approximate surface area is 181 Å². The number of nitrogens with zero attached hydrogens (tertiary/aromatic N) is 1. The van der Waals surface area contributed by atoms with Crippen molar-refractivity contribution in [3.05, 3.63) is 65.2 Å². The Bertz CT molecular complexity index is 931. The van der Waals surface area contributed by atoms with Crippen molar-refractivity contribution >= 4 is 11.8 Å². The second kappa shape index (κ2) is 9.45. The van der Waals surface area contributed by atoms with Crippen LogP contribution < -0.4 is 10.1 Å². The van der Waals surface area contributed by atoms with E-state index < -0.39 is 11.6 Å². The minimum atomic E-state index is -0.739. The normalized spacial score (nSPS) is 14.9. The number of amides is 2. The first-order chi connectivity index (χ1) is 14.6. The number of carbonyl (C=O) groups excluding carboxylic acids is 2. The van der Waals surface area contributed by atoms with E-state index in [-0.39, 0.29) is 35.6 Å². The maximum absolute atomic E-state index is 13.7. The molecule has 3 rings (SSSR count). The van der Waals surface area contributed by atoms with E-state index in [0.717, 1.165) is 17.7 Å². The Morgan fingerprint density at radius 3 is 2.29 bits per heavy atom. The van der Waals surface area contributed by atoms with Gasteiger partial charge in [0.05, 0.1) is 6.54 Å². The summed E-state index contributed by atoms with van der Waals surface area (Å²) in [4.78, 5) is 26.4. The summed E-state index contributed by atoms with van der Waals surface area (Å²) >= 11 is 0. The van der Waals surface area contributed by atoms with E-state index >= 15 is 0 Å². The standard InChI is InChI=1S/C24H28F2N2O3/c1-24(2,3)17-6-4-16(5-7-17)23(30)27-15-22(29)28-12-10-19(11-13-28)31-21-9-8-18(25)14-20(21)26/h4-9,14,19H,10-13,15H2,1-3H3,(H,27,30). The fraction of sp³-hybridized carbons (Fsp3) is 0.417. The van der Waals surface area contributed by atoms with E-state index in [1.807, 2.05) is 12.1 Å². The van der Waals surface area contributed by atoms with E-state index in [1.165, 1.54) is 6.07 Å². The van der Waals surface area contributed by atoms with Crippen LogP contribution >= 0.6 is 0 Å². The number of carbonyl (C=O) groups is 2. The highest BCUT2D eigenvalue weighted by molar-refractivity contribution is 5.96. The zero-order valence-electron chi connectivity index (χ0n) is 18.1. The van der Waals surface area contributed by atoms with Crippen LogP contribution in [0.15, 0.2) is 42.5 Å². The Morgan fingerprint density at radius 1 is 1.06 bits per heavy atom. The summed E-state index contributed by atoms with van der Waals surface area (Å²) < 4.78 is 32.3. The summed E-state index contributed by atoms with van der Waals surface area (Å²) in [5.74, 6) is -1.85. The van der Waals surface area contributed by atoms with Gasteiger partial charge in [0.15, 0.2) is 11.6 Å². The molecule has 2 amide bonds. The van der Waals surface area contributed by atoms with Crippen LogP contribution in [-0.2, 0) is 10.2 Å². The zero-order valence-corrected chi connectivity index (χ0v) is 18.1. The van der Waals surface area contributed by atoms with Gasteiger partial charge in [-0.25, -0.2) is 8.78 Å². The molecule has 0 aliphatic carbocycles. The maximum Gasteiger partial charge on any atom is 0.251 e. The Morgan fingerprint density at radius 2 is 1.71 bits per heavy atom. The van der Waals surface area contributed by atoms with Crippen molar-refractivity contribution in [1.29, 1.82) is 0 Å². The zero-order chi connectivity index (χ0) is 22.6. The van der Waals surface area contributed by atoms with Crippen LogP contribution in [0.5, 0.6) is 5.75 Å². The van der Waals surface area contributed by atoms with Crippen molar-refractivity contribution < 1.29 is 23.1 Å². The van der Waals surface area contributed by atoms with Crippen molar-refractivity contribution in [2.24, 2.45) is 0 Å². The molecule has 31 heavy (non-hydrogen) atoms. The summed E-state index contributed by atoms with van der Waals surface area (Å²) in [7, 11) is 0. The number of halogens is 2. The minimum absolute atomic E-state index is 0.00325. The molecule has 166 valence electrons. The average molecular weight is 430 g/mol. The molecule has 1 aliphatic heterocycles. The number of piperidine rings is 1. The van der Waals surface area contributed by atoms with Gasteiger partial charge in [-0.15, -0.1) is 0 Å². The van der Waals surface area contributed by atoms with Gasteiger partial charge in [-0.05, 0) is 35.2 Å². The fourth-order valence-corrected chi connectivity index (χ4v) is 3.46. The first kappa shape index (κ1) is 22.7. The Balaban J connectivity index is 1.45. The molecule has 2 aromatic carbocycles. The van der Waals surface area contributed by atoms with Gasteiger partial charge in [0.2, 0.25) is 5.91 Å². The van der Waals surface area contributed by atoms with Gasteiger partial charge in [-0.2, -0.15) is 0 Å². The molecular formula is C24H28F2N2O3. The maximum atomic E-state index is 13.7. The number of rotatable bonds is 5. The van der Waals surface area contributed by atoms with Crippen molar-refractivity contribution in [2.45, 2.75) is 45.1 Å². The van der Waals surface area contributed by atoms with E-state index in [0.29, 0.717) is 31.5 Å². The highest BCUT2D eigenvalue weighted by atomic mass is 19.1. The van der Waals surface area contributed by atoms with Crippen molar-refractivity contribution in [2.75, 3.05) is 19.6 Å². The van der Waals surface area contributed by atoms with E-state index in [9.17, 15) is 18.4 Å². The van der Waals surface area contributed by atoms with Gasteiger partial charge >= 0.3 is 0 Å². The number of hydrogen-bond acceptors (Lipinski definition) is 3. The second-order valence-corrected chi connectivity index (χ2v) is 8.78. The van der Waals surface area contributed by atoms with Crippen LogP contribution in [0.1, 0.15) is 49.5 Å². The lowest BCUT2D eigenvalue weighted by molar-refractivity contribution is -0.131. The molecule has 0 saturated carbocycles. The highest BCUT2D eigenvalue weighted by Crippen LogP contribution is 2.23. The van der Waals surface area contributed by atoms with Crippen LogP contribution in [-0.4, -0.2) is 42.5 Å². The molecule has 0 atom stereocenters. The van der Waals surface area contributed by atoms with Crippen LogP contribution in [0, 0.1) is 11.6 Å². The molecule has 2 aromatic rings. The number of ether oxygens (including phenoxy) is 1. The molecule has 0 radical (unpaired) electrons. The third kappa shape index (κ3) is 6.03. The van der Waals surface area contributed by atoms with Crippen LogP contribution in [0.25, 0.3) is 0 Å². The summed E-state index contributed by atoms with van der Waals surface area (Å²) in [6, 6.07) is 10.6. The molecule has 0 aromatic heterocycles. The first-order valence-corrected chi connectivity index (χ1v) is 10.4. The quantitative estimate of drug-likeness (QED) is 0.778. The SMILES string of the molecule is CC(C)(C)c1ccc(C(=O)NCC(=O)N2CCC(Oc3ccc(F)cc3F)CC2)cc1. The lowest BCUT2D eigenvalue weighted by Crippen LogP contribution is -2.46. The number of likely N-dealkylation sites (tertiary alicyclic amines) is 1.